The number of nitriles is 1. The predicted molar refractivity (Wildman–Crippen MR) is 149 cm³/mol. The molecule has 9 nitrogen and oxygen atoms in total. The molecular weight excluding hydrogens is 506 g/mol. The summed E-state index contributed by atoms with van der Waals surface area (Å²) in [6.07, 6.45) is 3.86. The first-order valence-corrected chi connectivity index (χ1v) is 12.8. The minimum atomic E-state index is -1.16. The van der Waals surface area contributed by atoms with Gasteiger partial charge in [-0.25, -0.2) is 9.91 Å². The number of rotatable bonds is 5. The van der Waals surface area contributed by atoms with Gasteiger partial charge in [-0.3, -0.25) is 19.0 Å². The topological polar surface area (TPSA) is 119 Å². The van der Waals surface area contributed by atoms with Gasteiger partial charge in [0.05, 0.1) is 34.8 Å². The van der Waals surface area contributed by atoms with Crippen LogP contribution in [0.15, 0.2) is 97.2 Å². The number of hydrogen-bond acceptors (Lipinski definition) is 7. The molecule has 2 N–H and O–H groups in total. The van der Waals surface area contributed by atoms with Crippen molar-refractivity contribution in [3.63, 3.8) is 0 Å². The third-order valence-electron chi connectivity index (χ3n) is 7.47. The highest BCUT2D eigenvalue weighted by molar-refractivity contribution is 6.24. The number of hydrogen-bond donors (Lipinski definition) is 2. The molecule has 0 radical (unpaired) electrons. The number of benzene rings is 3. The first-order chi connectivity index (χ1) is 19.4. The second kappa shape index (κ2) is 9.93. The molecule has 40 heavy (non-hydrogen) atoms. The summed E-state index contributed by atoms with van der Waals surface area (Å²) < 4.78 is 1.49. The maximum Gasteiger partial charge on any atom is 0.254 e. The van der Waals surface area contributed by atoms with Crippen LogP contribution in [-0.4, -0.2) is 44.5 Å². The van der Waals surface area contributed by atoms with E-state index in [-0.39, 0.29) is 11.8 Å². The maximum atomic E-state index is 13.9. The quantitative estimate of drug-likeness (QED) is 0.295. The van der Waals surface area contributed by atoms with Gasteiger partial charge in [-0.1, -0.05) is 48.6 Å². The molecule has 4 aromatic rings. The van der Waals surface area contributed by atoms with E-state index in [1.807, 2.05) is 30.3 Å². The van der Waals surface area contributed by atoms with Crippen molar-refractivity contribution in [3.8, 4) is 6.07 Å². The van der Waals surface area contributed by atoms with E-state index >= 15 is 0 Å². The van der Waals surface area contributed by atoms with E-state index < -0.39 is 30.0 Å². The largest absolute Gasteiger partial charge is 0.386 e. The van der Waals surface area contributed by atoms with E-state index in [0.29, 0.717) is 33.4 Å². The first-order valence-electron chi connectivity index (χ1n) is 12.8. The smallest absolute Gasteiger partial charge is 0.254 e. The zero-order chi connectivity index (χ0) is 28.0. The average Bonchev–Trinajstić information content (AvgIpc) is 3.49. The Morgan fingerprint density at radius 1 is 0.950 bits per heavy atom. The van der Waals surface area contributed by atoms with Crippen LogP contribution in [0.2, 0.25) is 0 Å². The third kappa shape index (κ3) is 4.07. The summed E-state index contributed by atoms with van der Waals surface area (Å²) in [5.41, 5.74) is 5.94. The van der Waals surface area contributed by atoms with Gasteiger partial charge in [-0.2, -0.15) is 5.26 Å². The van der Waals surface area contributed by atoms with Crippen LogP contribution in [0.25, 0.3) is 10.9 Å². The van der Waals surface area contributed by atoms with Gasteiger partial charge in [-0.05, 0) is 42.5 Å². The SMILES string of the molecule is CC(=O)n1cc(C(O)C2C=CC3C(=O)N(c4ccccc4)C(=O)C3N2Nc2ccc(C#N)cc2)c2ccccc21. The fourth-order valence-electron chi connectivity index (χ4n) is 5.56. The van der Waals surface area contributed by atoms with Crippen LogP contribution in [0.1, 0.15) is 28.9 Å². The van der Waals surface area contributed by atoms with Crippen LogP contribution >= 0.6 is 0 Å². The predicted octanol–water partition coefficient (Wildman–Crippen LogP) is 4.03. The number of carbonyl (C=O) groups is 3. The number of nitrogens with one attached hydrogen (secondary N) is 1. The fraction of sp³-hybridized carbons (Fsp3) is 0.161. The van der Waals surface area contributed by atoms with Gasteiger partial charge in [0.2, 0.25) is 11.8 Å². The van der Waals surface area contributed by atoms with Gasteiger partial charge < -0.3 is 10.5 Å². The minimum absolute atomic E-state index is 0.198. The van der Waals surface area contributed by atoms with Crippen LogP contribution in [0.4, 0.5) is 11.4 Å². The van der Waals surface area contributed by atoms with Crippen molar-refractivity contribution in [2.45, 2.75) is 25.1 Å². The van der Waals surface area contributed by atoms with E-state index in [1.54, 1.807) is 71.9 Å². The van der Waals surface area contributed by atoms with Crippen molar-refractivity contribution in [2.24, 2.45) is 5.92 Å². The number of fused-ring (bicyclic) bond motifs is 2. The van der Waals surface area contributed by atoms with E-state index in [4.69, 9.17) is 0 Å². The molecule has 0 aliphatic carbocycles. The lowest BCUT2D eigenvalue weighted by atomic mass is 9.90. The normalized spacial score (nSPS) is 21.3. The Kier molecular flexibility index (Phi) is 6.27. The van der Waals surface area contributed by atoms with Crippen molar-refractivity contribution in [1.29, 1.82) is 5.26 Å². The second-order valence-corrected chi connectivity index (χ2v) is 9.84. The molecule has 4 unspecified atom stereocenters. The molecule has 3 aromatic carbocycles. The molecule has 4 atom stereocenters. The summed E-state index contributed by atoms with van der Waals surface area (Å²) in [5, 5.41) is 23.3. The first kappa shape index (κ1) is 25.2. The molecule has 9 heteroatoms. The van der Waals surface area contributed by atoms with Crippen molar-refractivity contribution in [1.82, 2.24) is 9.58 Å². The van der Waals surface area contributed by atoms with Crippen LogP contribution in [0, 0.1) is 17.2 Å². The van der Waals surface area contributed by atoms with Gasteiger partial charge in [0.15, 0.2) is 0 Å². The highest BCUT2D eigenvalue weighted by atomic mass is 16.3. The maximum absolute atomic E-state index is 13.9. The number of aliphatic hydroxyl groups is 1. The number of para-hydroxylation sites is 2. The number of imide groups is 1. The Hall–Kier alpha value is -5.04. The lowest BCUT2D eigenvalue weighted by Gasteiger charge is -2.40. The second-order valence-electron chi connectivity index (χ2n) is 9.84. The van der Waals surface area contributed by atoms with Gasteiger partial charge in [0, 0.05) is 29.8 Å². The van der Waals surface area contributed by atoms with E-state index in [0.717, 1.165) is 0 Å². The molecule has 6 rings (SSSR count). The Morgan fingerprint density at radius 3 is 2.35 bits per heavy atom. The zero-order valence-electron chi connectivity index (χ0n) is 21.5. The number of nitrogens with zero attached hydrogens (tertiary/aromatic N) is 4. The molecule has 3 heterocycles. The Labute approximate surface area is 230 Å². The third-order valence-corrected chi connectivity index (χ3v) is 7.47. The molecule has 2 aliphatic heterocycles. The standard InChI is InChI=1S/C31H25N5O4/c1-19(37)34-18-25(23-9-5-6-10-26(23)34)29(38)27-16-15-24-28(36(27)33-21-13-11-20(17-32)12-14-21)31(40)35(30(24)39)22-7-3-2-4-8-22/h2-16,18,24,27-29,33,38H,1H3. The summed E-state index contributed by atoms with van der Waals surface area (Å²) in [4.78, 5) is 40.9. The Morgan fingerprint density at radius 2 is 1.65 bits per heavy atom. The monoisotopic (exact) mass is 531 g/mol. The average molecular weight is 532 g/mol. The van der Waals surface area contributed by atoms with E-state index in [2.05, 4.69) is 11.5 Å². The molecule has 1 fully saturated rings. The van der Waals surface area contributed by atoms with E-state index in [1.165, 1.54) is 16.4 Å². The number of anilines is 2. The van der Waals surface area contributed by atoms with Gasteiger partial charge >= 0.3 is 0 Å². The van der Waals surface area contributed by atoms with Crippen molar-refractivity contribution in [3.05, 3.63) is 108 Å². The molecular formula is C31H25N5O4. The van der Waals surface area contributed by atoms with Crippen molar-refractivity contribution < 1.29 is 19.5 Å². The molecule has 0 bridgehead atoms. The van der Waals surface area contributed by atoms with Crippen LogP contribution in [-0.2, 0) is 9.59 Å². The van der Waals surface area contributed by atoms with Crippen molar-refractivity contribution in [2.75, 3.05) is 10.3 Å². The Bertz CT molecular complexity index is 1700. The van der Waals surface area contributed by atoms with Gasteiger partial charge in [0.25, 0.3) is 5.91 Å². The summed E-state index contributed by atoms with van der Waals surface area (Å²) in [6.45, 7) is 1.45. The lowest BCUT2D eigenvalue weighted by Crippen LogP contribution is -2.55. The van der Waals surface area contributed by atoms with Crippen molar-refractivity contribution >= 4 is 40.0 Å². The molecule has 1 saturated heterocycles. The van der Waals surface area contributed by atoms with Gasteiger partial charge in [-0.15, -0.1) is 0 Å². The fourth-order valence-corrected chi connectivity index (χ4v) is 5.56. The molecule has 1 aromatic heterocycles. The molecule has 0 saturated carbocycles. The van der Waals surface area contributed by atoms with Crippen LogP contribution in [0.3, 0.4) is 0 Å². The Balaban J connectivity index is 1.44. The summed E-state index contributed by atoms with van der Waals surface area (Å²) in [6, 6.07) is 23.1. The number of aliphatic hydroxyl groups excluding tert-OH is 1. The van der Waals surface area contributed by atoms with Gasteiger partial charge in [0.1, 0.15) is 12.1 Å². The number of aromatic nitrogens is 1. The molecule has 198 valence electrons. The van der Waals surface area contributed by atoms with Crippen LogP contribution < -0.4 is 10.3 Å². The summed E-state index contributed by atoms with van der Waals surface area (Å²) in [5.74, 6) is -1.75. The highest BCUT2D eigenvalue weighted by Gasteiger charge is 2.54. The number of hydrazine groups is 1. The summed E-state index contributed by atoms with van der Waals surface area (Å²) >= 11 is 0. The molecule has 2 amide bonds. The molecule has 2 aliphatic rings. The molecule has 0 spiro atoms. The summed E-state index contributed by atoms with van der Waals surface area (Å²) in [7, 11) is 0. The minimum Gasteiger partial charge on any atom is -0.386 e. The zero-order valence-corrected chi connectivity index (χ0v) is 21.5. The highest BCUT2D eigenvalue weighted by Crippen LogP contribution is 2.39. The lowest BCUT2D eigenvalue weighted by molar-refractivity contribution is -0.123. The van der Waals surface area contributed by atoms with Crippen LogP contribution in [0.5, 0.6) is 0 Å². The van der Waals surface area contributed by atoms with E-state index in [9.17, 15) is 24.8 Å². The number of carbonyl (C=O) groups excluding carboxylic acids is 3. The number of amides is 2.